The third-order valence-corrected chi connectivity index (χ3v) is 1.94. The van der Waals surface area contributed by atoms with Crippen molar-refractivity contribution in [3.05, 3.63) is 24.0 Å². The van der Waals surface area contributed by atoms with E-state index in [0.29, 0.717) is 0 Å². The zero-order chi connectivity index (χ0) is 8.10. The molecule has 0 saturated carbocycles. The molecule has 0 bridgehead atoms. The maximum absolute atomic E-state index is 4.07. The van der Waals surface area contributed by atoms with Crippen molar-refractivity contribution in [3.8, 4) is 0 Å². The van der Waals surface area contributed by atoms with Gasteiger partial charge in [0.2, 0.25) is 0 Å². The van der Waals surface area contributed by atoms with E-state index in [1.54, 1.807) is 23.7 Å². The quantitative estimate of drug-likeness (QED) is 0.601. The molecule has 0 atom stereocenters. The van der Waals surface area contributed by atoms with Crippen molar-refractivity contribution in [2.24, 2.45) is 0 Å². The summed E-state index contributed by atoms with van der Waals surface area (Å²) in [6.45, 7) is 4.00. The van der Waals surface area contributed by atoms with Gasteiger partial charge in [0, 0.05) is 6.20 Å². The first-order valence-corrected chi connectivity index (χ1v) is 4.48. The van der Waals surface area contributed by atoms with Gasteiger partial charge in [0.1, 0.15) is 0 Å². The second-order valence-corrected chi connectivity index (χ2v) is 2.58. The molecule has 2 rings (SSSR count). The normalized spacial score (nSPS) is 8.91. The molecule has 2 aromatic rings. The predicted octanol–water partition coefficient (Wildman–Crippen LogP) is 2.72. The van der Waals surface area contributed by atoms with Crippen LogP contribution in [0.2, 0.25) is 0 Å². The molecule has 2 heterocycles. The molecule has 0 saturated heterocycles. The highest BCUT2D eigenvalue weighted by atomic mass is 32.1. The van der Waals surface area contributed by atoms with Gasteiger partial charge in [-0.1, -0.05) is 13.8 Å². The zero-order valence-corrected chi connectivity index (χ0v) is 7.43. The Kier molecular flexibility index (Phi) is 2.98. The highest BCUT2D eigenvalue weighted by Crippen LogP contribution is 2.14. The van der Waals surface area contributed by atoms with Gasteiger partial charge < -0.3 is 0 Å². The molecule has 0 amide bonds. The number of hydrogen-bond acceptors (Lipinski definition) is 3. The Bertz CT molecular complexity index is 286. The Hall–Kier alpha value is -0.960. The van der Waals surface area contributed by atoms with E-state index in [-0.39, 0.29) is 0 Å². The van der Waals surface area contributed by atoms with E-state index in [0.717, 1.165) is 5.52 Å². The average Bonchev–Trinajstić information content (AvgIpc) is 2.55. The largest absolute Gasteiger partial charge is 0.262 e. The van der Waals surface area contributed by atoms with Crippen LogP contribution in [0.15, 0.2) is 24.0 Å². The van der Waals surface area contributed by atoms with E-state index in [9.17, 15) is 0 Å². The molecule has 0 spiro atoms. The summed E-state index contributed by atoms with van der Waals surface area (Å²) in [4.78, 5) is 8.00. The molecule has 0 radical (unpaired) electrons. The molecule has 2 aromatic heterocycles. The first-order chi connectivity index (χ1) is 5.47. The number of nitrogens with zero attached hydrogens (tertiary/aromatic N) is 2. The molecular weight excluding hydrogens is 156 g/mol. The highest BCUT2D eigenvalue weighted by Gasteiger charge is 1.90. The van der Waals surface area contributed by atoms with Gasteiger partial charge in [0.25, 0.3) is 0 Å². The first-order valence-electron chi connectivity index (χ1n) is 3.60. The fraction of sp³-hybridized carbons (Fsp3) is 0.250. The number of pyridine rings is 1. The van der Waals surface area contributed by atoms with E-state index in [2.05, 4.69) is 9.97 Å². The molecule has 0 aliphatic rings. The molecule has 0 N–H and O–H groups in total. The molecule has 0 unspecified atom stereocenters. The fourth-order valence-corrected chi connectivity index (χ4v) is 1.36. The molecule has 11 heavy (non-hydrogen) atoms. The Morgan fingerprint density at radius 2 is 2.18 bits per heavy atom. The summed E-state index contributed by atoms with van der Waals surface area (Å²) in [5, 5.41) is 0. The molecule has 0 aliphatic carbocycles. The van der Waals surface area contributed by atoms with Gasteiger partial charge >= 0.3 is 0 Å². The maximum Gasteiger partial charge on any atom is 0.0995 e. The van der Waals surface area contributed by atoms with Crippen LogP contribution in [0, 0.1) is 0 Å². The monoisotopic (exact) mass is 166 g/mol. The van der Waals surface area contributed by atoms with Gasteiger partial charge in [-0.2, -0.15) is 0 Å². The number of hydrogen-bond donors (Lipinski definition) is 0. The van der Waals surface area contributed by atoms with Crippen molar-refractivity contribution in [1.82, 2.24) is 9.97 Å². The van der Waals surface area contributed by atoms with Crippen LogP contribution in [0.25, 0.3) is 10.2 Å². The zero-order valence-electron chi connectivity index (χ0n) is 6.61. The minimum atomic E-state index is 0.988. The molecule has 58 valence electrons. The standard InChI is InChI=1S/C6H4N2S.C2H6/c1-2-7-3-5-6(1)9-4-8-5;1-2/h1-4H;1-2H3. The summed E-state index contributed by atoms with van der Waals surface area (Å²) in [5.74, 6) is 0. The van der Waals surface area contributed by atoms with Crippen molar-refractivity contribution in [2.75, 3.05) is 0 Å². The van der Waals surface area contributed by atoms with Crippen molar-refractivity contribution in [2.45, 2.75) is 13.8 Å². The molecule has 2 nitrogen and oxygen atoms in total. The SMILES string of the molecule is CC.c1cc2scnc2cn1. The molecule has 0 aromatic carbocycles. The van der Waals surface area contributed by atoms with E-state index in [1.165, 1.54) is 4.70 Å². The third-order valence-electron chi connectivity index (χ3n) is 1.13. The number of thiazole rings is 1. The van der Waals surface area contributed by atoms with Crippen LogP contribution < -0.4 is 0 Å². The first kappa shape index (κ1) is 8.14. The van der Waals surface area contributed by atoms with Crippen molar-refractivity contribution >= 4 is 21.6 Å². The van der Waals surface area contributed by atoms with Gasteiger partial charge in [0.05, 0.1) is 21.9 Å². The van der Waals surface area contributed by atoms with Crippen LogP contribution in [-0.4, -0.2) is 9.97 Å². The van der Waals surface area contributed by atoms with E-state index in [1.807, 2.05) is 25.4 Å². The number of fused-ring (bicyclic) bond motifs is 1. The molecule has 0 aliphatic heterocycles. The summed E-state index contributed by atoms with van der Waals surface area (Å²) in [5.41, 5.74) is 2.81. The minimum absolute atomic E-state index is 0.988. The Morgan fingerprint density at radius 1 is 1.36 bits per heavy atom. The Labute approximate surface area is 69.9 Å². The fourth-order valence-electron chi connectivity index (χ4n) is 0.710. The van der Waals surface area contributed by atoms with Gasteiger partial charge in [-0.15, -0.1) is 11.3 Å². The lowest BCUT2D eigenvalue weighted by Gasteiger charge is -1.80. The number of aromatic nitrogens is 2. The third kappa shape index (κ3) is 1.74. The van der Waals surface area contributed by atoms with Crippen LogP contribution in [0.4, 0.5) is 0 Å². The molecular formula is C8H10N2S. The topological polar surface area (TPSA) is 25.8 Å². The summed E-state index contributed by atoms with van der Waals surface area (Å²) in [6.07, 6.45) is 3.55. The smallest absolute Gasteiger partial charge is 0.0995 e. The summed E-state index contributed by atoms with van der Waals surface area (Å²) in [6, 6.07) is 1.97. The lowest BCUT2D eigenvalue weighted by molar-refractivity contribution is 1.34. The lowest BCUT2D eigenvalue weighted by Crippen LogP contribution is -1.67. The van der Waals surface area contributed by atoms with Crippen LogP contribution in [0.5, 0.6) is 0 Å². The lowest BCUT2D eigenvalue weighted by atomic mass is 10.5. The van der Waals surface area contributed by atoms with Crippen molar-refractivity contribution in [1.29, 1.82) is 0 Å². The van der Waals surface area contributed by atoms with Gasteiger partial charge in [0.15, 0.2) is 0 Å². The summed E-state index contributed by atoms with van der Waals surface area (Å²) in [7, 11) is 0. The van der Waals surface area contributed by atoms with Crippen LogP contribution in [0.1, 0.15) is 13.8 Å². The minimum Gasteiger partial charge on any atom is -0.262 e. The van der Waals surface area contributed by atoms with Gasteiger partial charge in [-0.05, 0) is 6.07 Å². The molecule has 0 fully saturated rings. The van der Waals surface area contributed by atoms with E-state index < -0.39 is 0 Å². The van der Waals surface area contributed by atoms with Crippen LogP contribution in [0.3, 0.4) is 0 Å². The summed E-state index contributed by atoms with van der Waals surface area (Å²) < 4.78 is 1.20. The van der Waals surface area contributed by atoms with Gasteiger partial charge in [-0.25, -0.2) is 4.98 Å². The average molecular weight is 166 g/mol. The predicted molar refractivity (Wildman–Crippen MR) is 48.8 cm³/mol. The van der Waals surface area contributed by atoms with E-state index in [4.69, 9.17) is 0 Å². The maximum atomic E-state index is 4.07. The molecule has 3 heteroatoms. The second kappa shape index (κ2) is 4.03. The van der Waals surface area contributed by atoms with Crippen LogP contribution in [-0.2, 0) is 0 Å². The second-order valence-electron chi connectivity index (χ2n) is 1.70. The van der Waals surface area contributed by atoms with Gasteiger partial charge in [-0.3, -0.25) is 4.98 Å². The van der Waals surface area contributed by atoms with Crippen molar-refractivity contribution < 1.29 is 0 Å². The van der Waals surface area contributed by atoms with E-state index >= 15 is 0 Å². The Morgan fingerprint density at radius 3 is 2.91 bits per heavy atom. The highest BCUT2D eigenvalue weighted by molar-refractivity contribution is 7.16. The van der Waals surface area contributed by atoms with Crippen LogP contribution >= 0.6 is 11.3 Å². The number of rotatable bonds is 0. The summed E-state index contributed by atoms with van der Waals surface area (Å²) >= 11 is 1.64. The van der Waals surface area contributed by atoms with Crippen molar-refractivity contribution in [3.63, 3.8) is 0 Å². The Balaban J connectivity index is 0.000000281.